The molecule has 1 saturated heterocycles. The Balaban J connectivity index is 2.06. The van der Waals surface area contributed by atoms with Crippen LogP contribution in [0.15, 0.2) is 30.3 Å². The molecule has 1 aliphatic heterocycles. The summed E-state index contributed by atoms with van der Waals surface area (Å²) in [7, 11) is 0. The quantitative estimate of drug-likeness (QED) is 0.761. The van der Waals surface area contributed by atoms with Crippen molar-refractivity contribution in [1.82, 2.24) is 15.1 Å². The molecule has 0 unspecified atom stereocenters. The summed E-state index contributed by atoms with van der Waals surface area (Å²) < 4.78 is 0. The molecule has 2 rings (SSSR count). The minimum atomic E-state index is -0.978. The van der Waals surface area contributed by atoms with Crippen LogP contribution in [-0.2, 0) is 16.0 Å². The van der Waals surface area contributed by atoms with Crippen molar-refractivity contribution >= 4 is 17.8 Å². The third-order valence-corrected chi connectivity index (χ3v) is 4.80. The minimum Gasteiger partial charge on any atom is -0.336 e. The number of rotatable bonds is 7. The van der Waals surface area contributed by atoms with Gasteiger partial charge in [-0.2, -0.15) is 0 Å². The molecule has 1 N–H and O–H groups in total. The molecule has 1 heterocycles. The lowest BCUT2D eigenvalue weighted by atomic mass is 9.93. The average Bonchev–Trinajstić information content (AvgIpc) is 2.77. The number of aryl methyl sites for hydroxylation is 1. The van der Waals surface area contributed by atoms with Gasteiger partial charge >= 0.3 is 6.03 Å². The van der Waals surface area contributed by atoms with Crippen molar-refractivity contribution in [2.45, 2.75) is 65.1 Å². The lowest BCUT2D eigenvalue weighted by Gasteiger charge is -2.32. The van der Waals surface area contributed by atoms with E-state index < -0.39 is 11.6 Å². The fourth-order valence-corrected chi connectivity index (χ4v) is 3.49. The Morgan fingerprint density at radius 1 is 1.12 bits per heavy atom. The topological polar surface area (TPSA) is 69.7 Å². The summed E-state index contributed by atoms with van der Waals surface area (Å²) in [5, 5.41) is 2.77. The van der Waals surface area contributed by atoms with Crippen LogP contribution in [0.25, 0.3) is 0 Å². The van der Waals surface area contributed by atoms with Gasteiger partial charge in [0.25, 0.3) is 5.91 Å². The summed E-state index contributed by atoms with van der Waals surface area (Å²) in [5.41, 5.74) is 0.129. The van der Waals surface area contributed by atoms with E-state index in [0.717, 1.165) is 10.5 Å². The van der Waals surface area contributed by atoms with Crippen LogP contribution in [0.2, 0.25) is 0 Å². The number of hydrogen-bond acceptors (Lipinski definition) is 3. The van der Waals surface area contributed by atoms with E-state index in [-0.39, 0.29) is 30.4 Å². The van der Waals surface area contributed by atoms with E-state index in [1.165, 1.54) is 0 Å². The number of amides is 4. The number of urea groups is 1. The molecular weight excluding hydrogens is 330 g/mol. The van der Waals surface area contributed by atoms with Gasteiger partial charge in [-0.15, -0.1) is 0 Å². The molecule has 0 bridgehead atoms. The molecule has 1 aliphatic rings. The van der Waals surface area contributed by atoms with Gasteiger partial charge in [-0.05, 0) is 53.0 Å². The summed E-state index contributed by atoms with van der Waals surface area (Å²) in [6, 6.07) is 9.35. The first kappa shape index (κ1) is 19.9. The van der Waals surface area contributed by atoms with Crippen molar-refractivity contribution in [2.24, 2.45) is 0 Å². The molecule has 4 amide bonds. The minimum absolute atomic E-state index is 0.00716. The SMILES string of the molecule is CC(C)N(C(=O)CN1C(=O)N[C@@](C)(CCc2ccccc2)C1=O)C(C)C. The second kappa shape index (κ2) is 7.89. The molecule has 0 aliphatic carbocycles. The van der Waals surface area contributed by atoms with Gasteiger partial charge in [0.15, 0.2) is 0 Å². The maximum absolute atomic E-state index is 12.8. The van der Waals surface area contributed by atoms with Crippen LogP contribution in [0.3, 0.4) is 0 Å². The smallest absolute Gasteiger partial charge is 0.325 e. The fraction of sp³-hybridized carbons (Fsp3) is 0.550. The van der Waals surface area contributed by atoms with E-state index >= 15 is 0 Å². The van der Waals surface area contributed by atoms with E-state index in [1.54, 1.807) is 11.8 Å². The van der Waals surface area contributed by atoms with Crippen LogP contribution in [0.4, 0.5) is 4.79 Å². The van der Waals surface area contributed by atoms with Gasteiger partial charge in [0.05, 0.1) is 0 Å². The highest BCUT2D eigenvalue weighted by molar-refractivity contribution is 6.08. The Morgan fingerprint density at radius 3 is 2.23 bits per heavy atom. The summed E-state index contributed by atoms with van der Waals surface area (Å²) in [4.78, 5) is 40.5. The van der Waals surface area contributed by atoms with Gasteiger partial charge < -0.3 is 10.2 Å². The van der Waals surface area contributed by atoms with Crippen LogP contribution in [0.5, 0.6) is 0 Å². The lowest BCUT2D eigenvalue weighted by Crippen LogP contribution is -2.49. The Kier molecular flexibility index (Phi) is 6.05. The largest absolute Gasteiger partial charge is 0.336 e. The van der Waals surface area contributed by atoms with Gasteiger partial charge in [-0.3, -0.25) is 14.5 Å². The van der Waals surface area contributed by atoms with Crippen LogP contribution in [0, 0.1) is 0 Å². The zero-order chi connectivity index (χ0) is 19.5. The zero-order valence-electron chi connectivity index (χ0n) is 16.3. The van der Waals surface area contributed by atoms with Gasteiger partial charge in [-0.1, -0.05) is 30.3 Å². The first-order valence-electron chi connectivity index (χ1n) is 9.15. The molecule has 1 aromatic rings. The fourth-order valence-electron chi connectivity index (χ4n) is 3.49. The highest BCUT2D eigenvalue weighted by Gasteiger charge is 2.48. The van der Waals surface area contributed by atoms with E-state index in [0.29, 0.717) is 12.8 Å². The normalized spacial score (nSPS) is 20.0. The monoisotopic (exact) mass is 359 g/mol. The number of nitrogens with one attached hydrogen (secondary N) is 1. The standard InChI is InChI=1S/C20H29N3O3/c1-14(2)23(15(3)4)17(24)13-22-18(25)20(5,21-19(22)26)12-11-16-9-7-6-8-10-16/h6-10,14-15H,11-13H2,1-5H3,(H,21,26)/t20-/m0/s1. The molecule has 6 nitrogen and oxygen atoms in total. The van der Waals surface area contributed by atoms with Gasteiger partial charge in [0.1, 0.15) is 12.1 Å². The Bertz CT molecular complexity index is 664. The highest BCUT2D eigenvalue weighted by Crippen LogP contribution is 2.23. The molecule has 6 heteroatoms. The molecule has 1 atom stereocenters. The third kappa shape index (κ3) is 4.23. The van der Waals surface area contributed by atoms with Crippen LogP contribution in [0.1, 0.15) is 46.6 Å². The van der Waals surface area contributed by atoms with Crippen molar-refractivity contribution < 1.29 is 14.4 Å². The van der Waals surface area contributed by atoms with Gasteiger partial charge in [0.2, 0.25) is 5.91 Å². The second-order valence-electron chi connectivity index (χ2n) is 7.63. The molecule has 0 spiro atoms. The molecule has 142 valence electrons. The van der Waals surface area contributed by atoms with Crippen LogP contribution < -0.4 is 5.32 Å². The second-order valence-corrected chi connectivity index (χ2v) is 7.63. The predicted octanol–water partition coefficient (Wildman–Crippen LogP) is 2.58. The summed E-state index contributed by atoms with van der Waals surface area (Å²) in [6.07, 6.45) is 1.17. The Morgan fingerprint density at radius 2 is 1.69 bits per heavy atom. The zero-order valence-corrected chi connectivity index (χ0v) is 16.3. The Hall–Kier alpha value is -2.37. The van der Waals surface area contributed by atoms with Crippen molar-refractivity contribution in [2.75, 3.05) is 6.54 Å². The van der Waals surface area contributed by atoms with Crippen molar-refractivity contribution in [1.29, 1.82) is 0 Å². The first-order chi connectivity index (χ1) is 12.2. The molecule has 26 heavy (non-hydrogen) atoms. The van der Waals surface area contributed by atoms with Crippen LogP contribution in [-0.4, -0.2) is 51.8 Å². The number of carbonyl (C=O) groups is 3. The van der Waals surface area contributed by atoms with Gasteiger partial charge in [0, 0.05) is 12.1 Å². The predicted molar refractivity (Wildman–Crippen MR) is 101 cm³/mol. The molecule has 0 aromatic heterocycles. The van der Waals surface area contributed by atoms with Crippen molar-refractivity contribution in [3.63, 3.8) is 0 Å². The number of hydrogen-bond donors (Lipinski definition) is 1. The maximum atomic E-state index is 12.8. The molecule has 1 aromatic carbocycles. The van der Waals surface area contributed by atoms with E-state index in [4.69, 9.17) is 0 Å². The lowest BCUT2D eigenvalue weighted by molar-refractivity contribution is -0.141. The molecule has 0 radical (unpaired) electrons. The van der Waals surface area contributed by atoms with E-state index in [9.17, 15) is 14.4 Å². The third-order valence-electron chi connectivity index (χ3n) is 4.80. The Labute approximate surface area is 155 Å². The number of nitrogens with zero attached hydrogens (tertiary/aromatic N) is 2. The van der Waals surface area contributed by atoms with Crippen molar-refractivity contribution in [3.05, 3.63) is 35.9 Å². The first-order valence-corrected chi connectivity index (χ1v) is 9.15. The molecule has 1 fully saturated rings. The number of imide groups is 1. The average molecular weight is 359 g/mol. The summed E-state index contributed by atoms with van der Waals surface area (Å²) in [5.74, 6) is -0.551. The number of benzene rings is 1. The van der Waals surface area contributed by atoms with E-state index in [1.807, 2.05) is 58.0 Å². The highest BCUT2D eigenvalue weighted by atomic mass is 16.2. The summed E-state index contributed by atoms with van der Waals surface area (Å²) >= 11 is 0. The van der Waals surface area contributed by atoms with E-state index in [2.05, 4.69) is 5.32 Å². The summed E-state index contributed by atoms with van der Waals surface area (Å²) in [6.45, 7) is 9.20. The maximum Gasteiger partial charge on any atom is 0.325 e. The van der Waals surface area contributed by atoms with Crippen molar-refractivity contribution in [3.8, 4) is 0 Å². The molecule has 0 saturated carbocycles. The molecular formula is C20H29N3O3. The number of carbonyl (C=O) groups excluding carboxylic acids is 3. The van der Waals surface area contributed by atoms with Crippen LogP contribution >= 0.6 is 0 Å². The van der Waals surface area contributed by atoms with Gasteiger partial charge in [-0.25, -0.2) is 4.79 Å².